The highest BCUT2D eigenvalue weighted by atomic mass is 16.5. The zero-order valence-electron chi connectivity index (χ0n) is 32.4. The van der Waals surface area contributed by atoms with Gasteiger partial charge in [-0.1, -0.05) is 206 Å². The van der Waals surface area contributed by atoms with Crippen molar-refractivity contribution in [2.75, 3.05) is 13.2 Å². The lowest BCUT2D eigenvalue weighted by Gasteiger charge is -2.26. The summed E-state index contributed by atoms with van der Waals surface area (Å²) in [6, 6.07) is 0. The molecule has 0 radical (unpaired) electrons. The van der Waals surface area contributed by atoms with Crippen LogP contribution < -0.4 is 0 Å². The number of carbonyl (C=O) groups excluding carboxylic acids is 2. The largest absolute Gasteiger partial charge is 0.393 e. The van der Waals surface area contributed by atoms with E-state index in [1.807, 2.05) is 0 Å². The molecule has 4 atom stereocenters. The van der Waals surface area contributed by atoms with Gasteiger partial charge in [-0.2, -0.15) is 0 Å². The van der Waals surface area contributed by atoms with Gasteiger partial charge in [0.25, 0.3) is 0 Å². The van der Waals surface area contributed by atoms with Gasteiger partial charge < -0.3 is 25.2 Å². The lowest BCUT2D eigenvalue weighted by atomic mass is 9.99. The van der Waals surface area contributed by atoms with E-state index in [4.69, 9.17) is 4.74 Å². The molecule has 0 saturated heterocycles. The van der Waals surface area contributed by atoms with Gasteiger partial charge in [-0.25, -0.2) is 0 Å². The maximum atomic E-state index is 12.9. The maximum absolute atomic E-state index is 12.9. The monoisotopic (exact) mass is 699 g/mol. The number of aliphatic hydroxyl groups is 4. The number of hydrogen-bond donors (Lipinski definition) is 4. The minimum Gasteiger partial charge on any atom is -0.393 e. The summed E-state index contributed by atoms with van der Waals surface area (Å²) in [5.41, 5.74) is 0. The van der Waals surface area contributed by atoms with Crippen molar-refractivity contribution in [1.29, 1.82) is 0 Å². The lowest BCUT2D eigenvalue weighted by Crippen LogP contribution is -2.43. The molecule has 292 valence electrons. The van der Waals surface area contributed by atoms with E-state index in [1.54, 1.807) is 0 Å². The number of Topliss-reactive ketones (excluding diaryl/α,β-unsaturated/α-hetero) is 2. The van der Waals surface area contributed by atoms with Crippen LogP contribution in [-0.2, 0) is 14.3 Å². The third-order valence-electron chi connectivity index (χ3n) is 10.1. The van der Waals surface area contributed by atoms with Crippen LogP contribution in [0.4, 0.5) is 0 Å². The van der Waals surface area contributed by atoms with E-state index in [0.717, 1.165) is 51.4 Å². The molecular formula is C42H82O7. The Hall–Kier alpha value is -0.860. The molecule has 49 heavy (non-hydrogen) atoms. The Labute approximate surface area is 302 Å². The van der Waals surface area contributed by atoms with Crippen molar-refractivity contribution in [3.8, 4) is 0 Å². The van der Waals surface area contributed by atoms with Crippen molar-refractivity contribution in [1.82, 2.24) is 0 Å². The molecule has 4 N–H and O–H groups in total. The van der Waals surface area contributed by atoms with Gasteiger partial charge in [0, 0.05) is 0 Å². The van der Waals surface area contributed by atoms with E-state index in [2.05, 4.69) is 13.8 Å². The van der Waals surface area contributed by atoms with Crippen LogP contribution in [0.2, 0.25) is 0 Å². The molecule has 0 spiro atoms. The number of ketones is 2. The van der Waals surface area contributed by atoms with Crippen LogP contribution in [0.5, 0.6) is 0 Å². The molecule has 0 amide bonds. The quantitative estimate of drug-likeness (QED) is 0.0470. The highest BCUT2D eigenvalue weighted by Crippen LogP contribution is 2.20. The summed E-state index contributed by atoms with van der Waals surface area (Å²) in [6.07, 6.45) is 32.5. The van der Waals surface area contributed by atoms with Crippen LogP contribution in [0.3, 0.4) is 0 Å². The second kappa shape index (κ2) is 36.9. The first-order valence-corrected chi connectivity index (χ1v) is 21.2. The minimum atomic E-state index is -1.56. The van der Waals surface area contributed by atoms with Gasteiger partial charge in [0.1, 0.15) is 24.4 Å². The number of unbranched alkanes of at least 4 members (excludes halogenated alkanes) is 28. The molecule has 0 aliphatic rings. The van der Waals surface area contributed by atoms with Gasteiger partial charge in [-0.05, 0) is 12.8 Å². The molecule has 0 aliphatic heterocycles. The normalized spacial score (nSPS) is 14.2. The van der Waals surface area contributed by atoms with E-state index < -0.39 is 49.2 Å². The predicted molar refractivity (Wildman–Crippen MR) is 204 cm³/mol. The van der Waals surface area contributed by atoms with Crippen LogP contribution in [0.1, 0.15) is 219 Å². The first kappa shape index (κ1) is 48.1. The molecule has 7 nitrogen and oxygen atoms in total. The van der Waals surface area contributed by atoms with Crippen LogP contribution in [0.15, 0.2) is 0 Å². The fourth-order valence-corrected chi connectivity index (χ4v) is 6.76. The van der Waals surface area contributed by atoms with Crippen LogP contribution in [0, 0.1) is 0 Å². The average molecular weight is 699 g/mol. The summed E-state index contributed by atoms with van der Waals surface area (Å²) in [5.74, 6) is -1.25. The van der Waals surface area contributed by atoms with E-state index in [-0.39, 0.29) is 0 Å². The first-order valence-electron chi connectivity index (χ1n) is 21.2. The fraction of sp³-hybridized carbons (Fsp3) is 0.952. The summed E-state index contributed by atoms with van der Waals surface area (Å²) in [6.45, 7) is 3.11. The van der Waals surface area contributed by atoms with Crippen molar-refractivity contribution in [3.05, 3.63) is 0 Å². The summed E-state index contributed by atoms with van der Waals surface area (Å²) >= 11 is 0. The van der Waals surface area contributed by atoms with Gasteiger partial charge in [0.15, 0.2) is 11.6 Å². The number of aliphatic hydroxyl groups excluding tert-OH is 4. The smallest absolute Gasteiger partial charge is 0.192 e. The Kier molecular flexibility index (Phi) is 36.3. The molecule has 0 fully saturated rings. The molecule has 0 saturated carbocycles. The Bertz CT molecular complexity index is 657. The molecular weight excluding hydrogens is 616 g/mol. The second-order valence-electron chi connectivity index (χ2n) is 14.8. The zero-order valence-corrected chi connectivity index (χ0v) is 32.4. The van der Waals surface area contributed by atoms with Crippen molar-refractivity contribution < 1.29 is 34.8 Å². The molecule has 0 heterocycles. The fourth-order valence-electron chi connectivity index (χ4n) is 6.76. The van der Waals surface area contributed by atoms with Crippen molar-refractivity contribution >= 4 is 11.6 Å². The molecule has 0 bridgehead atoms. The van der Waals surface area contributed by atoms with E-state index >= 15 is 0 Å². The lowest BCUT2D eigenvalue weighted by molar-refractivity contribution is -0.156. The SMILES string of the molecule is CCCCCCCCCCCCCCCCCC(OC(CCCCCCCCCCCCCCCCC)C(=O)C(O)CO)C(=O)C(O)CO. The summed E-state index contributed by atoms with van der Waals surface area (Å²) in [7, 11) is 0. The standard InChI is InChI=1S/C42H82O7/c1-3-5-7-9-11-13-15-17-19-21-23-25-27-29-31-33-39(41(47)37(45)35-43)49-40(42(48)38(46)36-44)34-32-30-28-26-24-22-20-18-16-14-12-10-8-6-4-2/h37-40,43-46H,3-36H2,1-2H3. The Morgan fingerprint density at radius 2 is 0.592 bits per heavy atom. The molecule has 0 aromatic carbocycles. The molecule has 7 heteroatoms. The van der Waals surface area contributed by atoms with Gasteiger partial charge in [-0.15, -0.1) is 0 Å². The van der Waals surface area contributed by atoms with Crippen LogP contribution in [0.25, 0.3) is 0 Å². The number of rotatable bonds is 40. The summed E-state index contributed by atoms with van der Waals surface area (Å²) in [5, 5.41) is 39.0. The summed E-state index contributed by atoms with van der Waals surface area (Å²) in [4.78, 5) is 25.8. The third kappa shape index (κ3) is 29.4. The second-order valence-corrected chi connectivity index (χ2v) is 14.8. The van der Waals surface area contributed by atoms with Crippen molar-refractivity contribution in [2.45, 2.75) is 244 Å². The third-order valence-corrected chi connectivity index (χ3v) is 10.1. The zero-order chi connectivity index (χ0) is 36.2. The van der Waals surface area contributed by atoms with Crippen molar-refractivity contribution in [2.24, 2.45) is 0 Å². The number of carbonyl (C=O) groups is 2. The molecule has 0 rings (SSSR count). The van der Waals surface area contributed by atoms with E-state index in [9.17, 15) is 30.0 Å². The average Bonchev–Trinajstić information content (AvgIpc) is 3.12. The first-order chi connectivity index (χ1) is 23.9. The van der Waals surface area contributed by atoms with Gasteiger partial charge >= 0.3 is 0 Å². The van der Waals surface area contributed by atoms with Crippen molar-refractivity contribution in [3.63, 3.8) is 0 Å². The molecule has 0 aliphatic carbocycles. The topological polar surface area (TPSA) is 124 Å². The van der Waals surface area contributed by atoms with Gasteiger partial charge in [0.05, 0.1) is 13.2 Å². The van der Waals surface area contributed by atoms with Gasteiger partial charge in [0.2, 0.25) is 0 Å². The highest BCUT2D eigenvalue weighted by Gasteiger charge is 2.33. The minimum absolute atomic E-state index is 0.353. The number of hydrogen-bond acceptors (Lipinski definition) is 7. The Morgan fingerprint density at radius 3 is 0.796 bits per heavy atom. The Morgan fingerprint density at radius 1 is 0.388 bits per heavy atom. The maximum Gasteiger partial charge on any atom is 0.192 e. The Balaban J connectivity index is 4.41. The van der Waals surface area contributed by atoms with Crippen LogP contribution >= 0.6 is 0 Å². The number of ether oxygens (including phenoxy) is 1. The molecule has 4 unspecified atom stereocenters. The molecule has 0 aromatic heterocycles. The highest BCUT2D eigenvalue weighted by molar-refractivity contribution is 5.89. The molecule has 0 aromatic rings. The van der Waals surface area contributed by atoms with E-state index in [1.165, 1.54) is 141 Å². The summed E-state index contributed by atoms with van der Waals surface area (Å²) < 4.78 is 6.02. The van der Waals surface area contributed by atoms with E-state index in [0.29, 0.717) is 12.8 Å². The van der Waals surface area contributed by atoms with Crippen LogP contribution in [-0.4, -0.2) is 69.6 Å². The van der Waals surface area contributed by atoms with Gasteiger partial charge in [-0.3, -0.25) is 9.59 Å². The predicted octanol–water partition coefficient (Wildman–Crippen LogP) is 10.1.